The molecular weight excluding hydrogens is 827 g/mol. The van der Waals surface area contributed by atoms with Crippen molar-refractivity contribution in [2.45, 2.75) is 165 Å². The van der Waals surface area contributed by atoms with E-state index >= 15 is 9.59 Å². The summed E-state index contributed by atoms with van der Waals surface area (Å²) in [6, 6.07) is 15.2. The average molecular weight is 906 g/mol. The number of likely N-dealkylation sites (tertiary alicyclic amines) is 1. The summed E-state index contributed by atoms with van der Waals surface area (Å²) in [5, 5.41) is 9.48. The molecule has 9 N–H and O–H groups in total. The first kappa shape index (κ1) is 50.9. The summed E-state index contributed by atoms with van der Waals surface area (Å²) in [6.07, 6.45) is 23.6. The minimum absolute atomic E-state index is 0.0834. The molecule has 12 heteroatoms. The second kappa shape index (κ2) is 25.6. The van der Waals surface area contributed by atoms with Crippen LogP contribution >= 0.6 is 0 Å². The van der Waals surface area contributed by atoms with E-state index in [0.29, 0.717) is 82.7 Å². The highest BCUT2D eigenvalue weighted by Gasteiger charge is 2.48. The number of unbranched alkanes of at least 4 members (excludes halogenated alkanes) is 1. The fourth-order valence-corrected chi connectivity index (χ4v) is 11.3. The largest absolute Gasteiger partial charge is 0.348 e. The van der Waals surface area contributed by atoms with Crippen molar-refractivity contribution in [2.75, 3.05) is 20.1 Å². The quantitative estimate of drug-likeness (QED) is 0.0540. The monoisotopic (exact) mass is 906 g/mol. The summed E-state index contributed by atoms with van der Waals surface area (Å²) in [4.78, 5) is 75.2. The molecule has 3 fully saturated rings. The Morgan fingerprint density at radius 2 is 1.35 bits per heavy atom. The van der Waals surface area contributed by atoms with Crippen LogP contribution in [0.15, 0.2) is 85.0 Å². The van der Waals surface area contributed by atoms with Crippen molar-refractivity contribution in [2.24, 2.45) is 40.4 Å². The number of nitrogens with one attached hydrogen (secondary N) is 3. The molecule has 360 valence electrons. The molecule has 0 radical (unpaired) electrons. The van der Waals surface area contributed by atoms with E-state index in [1.807, 2.05) is 85.0 Å². The lowest BCUT2D eigenvalue weighted by atomic mass is 9.65. The summed E-state index contributed by atoms with van der Waals surface area (Å²) < 4.78 is 0. The molecule has 3 aliphatic carbocycles. The zero-order valence-electron chi connectivity index (χ0n) is 39.6. The molecule has 66 heavy (non-hydrogen) atoms. The highest BCUT2D eigenvalue weighted by molar-refractivity contribution is 6.08. The van der Waals surface area contributed by atoms with Gasteiger partial charge in [0.2, 0.25) is 17.7 Å². The van der Waals surface area contributed by atoms with Gasteiger partial charge in [0.1, 0.15) is 6.04 Å². The number of likely N-dealkylation sites (N-methyl/N-ethyl adjacent to an activating group) is 1. The van der Waals surface area contributed by atoms with E-state index in [1.165, 1.54) is 12.8 Å². The standard InChI is InChI=1S/C54H79N7O5/c1-58-46(35-40-23-10-4-11-24-40)52(65)59-45(27-15-17-31-55)53(66)61-32-18-28-47(61)50(63)42(49(62)43(56)33-38-19-6-2-7-20-38)37-54(36-41-25-12-5-13-26-41)30-16-14-29-48(54)60-51(64)44(57)34-39-21-8-3-9-22-39/h4-5,10-14,16,23-26,29-30,38-39,42-48,58H,2-3,6-9,15,17-22,27-28,31-37,55-57H2,1H3,(H,59,65)(H,60,64)/t42?,43-,44+,45+,46+,47+,48?,54?/m1/s1. The van der Waals surface area contributed by atoms with Crippen LogP contribution in [0.1, 0.15) is 127 Å². The molecular formula is C54H79N7O5. The Balaban J connectivity index is 1.30. The summed E-state index contributed by atoms with van der Waals surface area (Å²) in [6.45, 7) is 0.766. The Morgan fingerprint density at radius 3 is 1.97 bits per heavy atom. The van der Waals surface area contributed by atoms with Gasteiger partial charge in [0.05, 0.1) is 36.1 Å². The first-order valence-electron chi connectivity index (χ1n) is 25.3. The zero-order chi connectivity index (χ0) is 46.9. The van der Waals surface area contributed by atoms with E-state index in [0.717, 1.165) is 62.5 Å². The highest BCUT2D eigenvalue weighted by atomic mass is 16.2. The molecule has 2 aromatic carbocycles. The molecule has 1 heterocycles. The molecule has 2 saturated carbocycles. The Kier molecular flexibility index (Phi) is 19.7. The number of hydrogen-bond acceptors (Lipinski definition) is 9. The first-order chi connectivity index (χ1) is 32.0. The number of carbonyl (C=O) groups excluding carboxylic acids is 5. The molecule has 3 amide bonds. The molecule has 0 aromatic heterocycles. The van der Waals surface area contributed by atoms with Gasteiger partial charge in [-0.15, -0.1) is 0 Å². The van der Waals surface area contributed by atoms with Gasteiger partial charge in [-0.3, -0.25) is 24.0 Å². The predicted octanol–water partition coefficient (Wildman–Crippen LogP) is 6.00. The topological polar surface area (TPSA) is 203 Å². The number of ketones is 2. The number of benzene rings is 2. The summed E-state index contributed by atoms with van der Waals surface area (Å²) in [7, 11) is 1.73. The second-order valence-corrected chi connectivity index (χ2v) is 19.9. The van der Waals surface area contributed by atoms with E-state index < -0.39 is 47.6 Å². The van der Waals surface area contributed by atoms with Crippen LogP contribution in [0, 0.1) is 23.2 Å². The summed E-state index contributed by atoms with van der Waals surface area (Å²) >= 11 is 0. The van der Waals surface area contributed by atoms with Crippen LogP contribution in [0.2, 0.25) is 0 Å². The van der Waals surface area contributed by atoms with Gasteiger partial charge in [0, 0.05) is 12.0 Å². The van der Waals surface area contributed by atoms with E-state index in [1.54, 1.807) is 11.9 Å². The van der Waals surface area contributed by atoms with Gasteiger partial charge < -0.3 is 38.1 Å². The van der Waals surface area contributed by atoms with Crippen LogP contribution in [0.3, 0.4) is 0 Å². The Morgan fingerprint density at radius 1 is 0.727 bits per heavy atom. The van der Waals surface area contributed by atoms with Crippen molar-refractivity contribution in [3.8, 4) is 0 Å². The number of carbonyl (C=O) groups is 5. The lowest BCUT2D eigenvalue weighted by molar-refractivity contribution is -0.145. The highest BCUT2D eigenvalue weighted by Crippen LogP contribution is 2.42. The number of hydrogen-bond donors (Lipinski definition) is 6. The normalized spacial score (nSPS) is 23.7. The van der Waals surface area contributed by atoms with Crippen molar-refractivity contribution in [1.82, 2.24) is 20.9 Å². The van der Waals surface area contributed by atoms with E-state index in [4.69, 9.17) is 17.2 Å². The molecule has 4 aliphatic rings. The van der Waals surface area contributed by atoms with Gasteiger partial charge in [-0.25, -0.2) is 0 Å². The second-order valence-electron chi connectivity index (χ2n) is 19.9. The maximum Gasteiger partial charge on any atom is 0.245 e. The molecule has 1 saturated heterocycles. The summed E-state index contributed by atoms with van der Waals surface area (Å²) in [5.41, 5.74) is 20.5. The molecule has 6 rings (SSSR count). The maximum atomic E-state index is 15.6. The van der Waals surface area contributed by atoms with Crippen molar-refractivity contribution < 1.29 is 24.0 Å². The van der Waals surface area contributed by atoms with Crippen molar-refractivity contribution in [3.05, 3.63) is 96.1 Å². The van der Waals surface area contributed by atoms with Gasteiger partial charge in [0.25, 0.3) is 0 Å². The van der Waals surface area contributed by atoms with E-state index in [2.05, 4.69) is 16.0 Å². The molecule has 3 unspecified atom stereocenters. The fraction of sp³-hybridized carbons (Fsp3) is 0.611. The SMILES string of the molecule is CN[C@@H](Cc1ccccc1)C(=O)N[C@@H](CCCCN)C(=O)N1CCC[C@H]1C(=O)C(CC1(Cc2ccccc2)C=CC=CC1NC(=O)[C@@H](N)CC1CCCCC1)C(=O)[C@H](N)CC1CCCCC1. The molecule has 0 bridgehead atoms. The molecule has 0 spiro atoms. The average Bonchev–Trinajstić information content (AvgIpc) is 3.84. The van der Waals surface area contributed by atoms with Gasteiger partial charge in [-0.2, -0.15) is 0 Å². The number of nitrogens with zero attached hydrogens (tertiary/aromatic N) is 1. The third-order valence-electron chi connectivity index (χ3n) is 15.1. The minimum Gasteiger partial charge on any atom is -0.348 e. The third kappa shape index (κ3) is 14.0. The fourth-order valence-electron chi connectivity index (χ4n) is 11.3. The number of Topliss-reactive ketones (excluding diaryl/α,β-unsaturated/α-hetero) is 2. The summed E-state index contributed by atoms with van der Waals surface area (Å²) in [5.74, 6) is -1.98. The Hall–Kier alpha value is -4.49. The van der Waals surface area contributed by atoms with Crippen LogP contribution in [0.4, 0.5) is 0 Å². The van der Waals surface area contributed by atoms with Crippen LogP contribution < -0.4 is 33.2 Å². The van der Waals surface area contributed by atoms with Gasteiger partial charge in [-0.05, 0) is 101 Å². The van der Waals surface area contributed by atoms with Crippen molar-refractivity contribution >= 4 is 29.3 Å². The van der Waals surface area contributed by atoms with Gasteiger partial charge in [0.15, 0.2) is 11.6 Å². The molecule has 8 atom stereocenters. The van der Waals surface area contributed by atoms with E-state index in [9.17, 15) is 14.4 Å². The zero-order valence-corrected chi connectivity index (χ0v) is 39.6. The molecule has 1 aliphatic heterocycles. The smallest absolute Gasteiger partial charge is 0.245 e. The van der Waals surface area contributed by atoms with Crippen LogP contribution in [0.25, 0.3) is 0 Å². The Bertz CT molecular complexity index is 1930. The van der Waals surface area contributed by atoms with Gasteiger partial charge >= 0.3 is 0 Å². The van der Waals surface area contributed by atoms with Crippen molar-refractivity contribution in [3.63, 3.8) is 0 Å². The Labute approximate surface area is 394 Å². The number of amides is 3. The van der Waals surface area contributed by atoms with Crippen LogP contribution in [0.5, 0.6) is 0 Å². The number of allylic oxidation sites excluding steroid dienone is 2. The number of rotatable bonds is 24. The van der Waals surface area contributed by atoms with Crippen LogP contribution in [-0.2, 0) is 36.8 Å². The predicted molar refractivity (Wildman–Crippen MR) is 262 cm³/mol. The third-order valence-corrected chi connectivity index (χ3v) is 15.1. The van der Waals surface area contributed by atoms with Crippen molar-refractivity contribution in [1.29, 1.82) is 0 Å². The molecule has 12 nitrogen and oxygen atoms in total. The lowest BCUT2D eigenvalue weighted by Crippen LogP contribution is -2.57. The number of nitrogens with two attached hydrogens (primary N) is 3. The van der Waals surface area contributed by atoms with Gasteiger partial charge in [-0.1, -0.05) is 149 Å². The lowest BCUT2D eigenvalue weighted by Gasteiger charge is -2.42. The van der Waals surface area contributed by atoms with E-state index in [-0.39, 0.29) is 35.7 Å². The first-order valence-corrected chi connectivity index (χ1v) is 25.3. The molecule has 2 aromatic rings. The maximum absolute atomic E-state index is 15.6. The van der Waals surface area contributed by atoms with Crippen LogP contribution in [-0.4, -0.2) is 90.6 Å². The minimum atomic E-state index is -1.16.